The molecule has 0 spiro atoms. The van der Waals surface area contributed by atoms with Crippen LogP contribution in [0, 0.1) is 0 Å². The minimum atomic E-state index is 0.00225. The van der Waals surface area contributed by atoms with Gasteiger partial charge < -0.3 is 14.2 Å². The second kappa shape index (κ2) is 7.12. The van der Waals surface area contributed by atoms with Crippen molar-refractivity contribution in [1.29, 1.82) is 0 Å². The van der Waals surface area contributed by atoms with E-state index in [2.05, 4.69) is 49.9 Å². The van der Waals surface area contributed by atoms with E-state index in [0.717, 1.165) is 26.1 Å². The van der Waals surface area contributed by atoms with Crippen molar-refractivity contribution in [2.75, 3.05) is 24.5 Å². The molecule has 128 valence electrons. The highest BCUT2D eigenvalue weighted by Gasteiger charge is 2.31. The van der Waals surface area contributed by atoms with Gasteiger partial charge in [-0.15, -0.1) is 0 Å². The van der Waals surface area contributed by atoms with Gasteiger partial charge in [-0.3, -0.25) is 4.79 Å². The summed E-state index contributed by atoms with van der Waals surface area (Å²) in [4.78, 5) is 17.0. The Balaban J connectivity index is 1.75. The zero-order valence-electron chi connectivity index (χ0n) is 14.7. The number of carbonyl (C=O) groups is 1. The van der Waals surface area contributed by atoms with Crippen molar-refractivity contribution in [2.24, 2.45) is 0 Å². The highest BCUT2D eigenvalue weighted by atomic mass is 16.3. The van der Waals surface area contributed by atoms with Crippen LogP contribution in [-0.4, -0.2) is 36.5 Å². The quantitative estimate of drug-likeness (QED) is 0.847. The molecule has 1 amide bonds. The molecule has 1 fully saturated rings. The van der Waals surface area contributed by atoms with Crippen LogP contribution >= 0.6 is 0 Å². The minimum Gasteiger partial charge on any atom is -0.459 e. The van der Waals surface area contributed by atoms with Crippen LogP contribution in [0.2, 0.25) is 0 Å². The fourth-order valence-electron chi connectivity index (χ4n) is 3.33. The molecule has 3 rings (SSSR count). The molecule has 2 aromatic rings. The van der Waals surface area contributed by atoms with Crippen molar-refractivity contribution >= 4 is 11.6 Å². The van der Waals surface area contributed by atoms with Gasteiger partial charge in [0, 0.05) is 31.4 Å². The summed E-state index contributed by atoms with van der Waals surface area (Å²) in [6, 6.07) is 12.5. The molecule has 1 aromatic heterocycles. The van der Waals surface area contributed by atoms with E-state index < -0.39 is 0 Å². The summed E-state index contributed by atoms with van der Waals surface area (Å²) in [7, 11) is 0. The molecule has 0 unspecified atom stereocenters. The van der Waals surface area contributed by atoms with Crippen molar-refractivity contribution < 1.29 is 9.21 Å². The molecule has 0 radical (unpaired) electrons. The van der Waals surface area contributed by atoms with E-state index >= 15 is 0 Å². The lowest BCUT2D eigenvalue weighted by atomic mass is 10.0. The number of furan rings is 1. The maximum atomic E-state index is 12.6. The van der Waals surface area contributed by atoms with E-state index in [1.807, 2.05) is 4.90 Å². The lowest BCUT2D eigenvalue weighted by Gasteiger charge is -2.42. The number of amides is 1. The SMILES string of the molecule is CC[C@@H]1CN(c2cccc(C(C)C)c2)CCN1C(=O)c1ccco1. The van der Waals surface area contributed by atoms with Crippen molar-refractivity contribution in [3.63, 3.8) is 0 Å². The molecule has 1 atom stereocenters. The maximum absolute atomic E-state index is 12.6. The first-order valence-electron chi connectivity index (χ1n) is 8.79. The molecule has 0 aliphatic carbocycles. The molecular weight excluding hydrogens is 300 g/mol. The van der Waals surface area contributed by atoms with E-state index in [1.165, 1.54) is 11.3 Å². The maximum Gasteiger partial charge on any atom is 0.289 e. The van der Waals surface area contributed by atoms with E-state index in [9.17, 15) is 4.79 Å². The Morgan fingerprint density at radius 2 is 2.08 bits per heavy atom. The first-order valence-corrected chi connectivity index (χ1v) is 8.79. The Morgan fingerprint density at radius 3 is 2.75 bits per heavy atom. The van der Waals surface area contributed by atoms with E-state index in [1.54, 1.807) is 18.4 Å². The normalized spacial score (nSPS) is 18.2. The highest BCUT2D eigenvalue weighted by molar-refractivity contribution is 5.91. The Hall–Kier alpha value is -2.23. The predicted octanol–water partition coefficient (Wildman–Crippen LogP) is 4.14. The molecule has 0 N–H and O–H groups in total. The van der Waals surface area contributed by atoms with Crippen LogP contribution in [0.15, 0.2) is 47.1 Å². The van der Waals surface area contributed by atoms with Crippen LogP contribution in [0.1, 0.15) is 49.2 Å². The summed E-state index contributed by atoms with van der Waals surface area (Å²) in [6.07, 6.45) is 2.49. The number of piperazine rings is 1. The average molecular weight is 326 g/mol. The third kappa shape index (κ3) is 3.32. The predicted molar refractivity (Wildman–Crippen MR) is 96.6 cm³/mol. The summed E-state index contributed by atoms with van der Waals surface area (Å²) in [5.74, 6) is 0.958. The number of benzene rings is 1. The fraction of sp³-hybridized carbons (Fsp3) is 0.450. The summed E-state index contributed by atoms with van der Waals surface area (Å²) in [5, 5.41) is 0. The van der Waals surface area contributed by atoms with E-state index in [0.29, 0.717) is 11.7 Å². The monoisotopic (exact) mass is 326 g/mol. The average Bonchev–Trinajstić information content (AvgIpc) is 3.15. The van der Waals surface area contributed by atoms with Crippen molar-refractivity contribution in [2.45, 2.75) is 39.2 Å². The largest absolute Gasteiger partial charge is 0.459 e. The molecule has 1 aromatic carbocycles. The van der Waals surface area contributed by atoms with Gasteiger partial charge in [0.15, 0.2) is 5.76 Å². The van der Waals surface area contributed by atoms with Crippen molar-refractivity contribution in [1.82, 2.24) is 4.90 Å². The topological polar surface area (TPSA) is 36.7 Å². The van der Waals surface area contributed by atoms with E-state index in [4.69, 9.17) is 4.42 Å². The summed E-state index contributed by atoms with van der Waals surface area (Å²) in [5.41, 5.74) is 2.61. The van der Waals surface area contributed by atoms with Crippen molar-refractivity contribution in [3.05, 3.63) is 54.0 Å². The molecule has 24 heavy (non-hydrogen) atoms. The standard InChI is InChI=1S/C20H26N2O2/c1-4-17-14-21(18-8-5-7-16(13-18)15(2)3)10-11-22(17)20(23)19-9-6-12-24-19/h5-9,12-13,15,17H,4,10-11,14H2,1-3H3/t17-/m1/s1. The lowest BCUT2D eigenvalue weighted by molar-refractivity contribution is 0.0619. The Morgan fingerprint density at radius 1 is 1.25 bits per heavy atom. The summed E-state index contributed by atoms with van der Waals surface area (Å²) < 4.78 is 5.29. The third-order valence-corrected chi connectivity index (χ3v) is 4.85. The van der Waals surface area contributed by atoms with Gasteiger partial charge in [-0.2, -0.15) is 0 Å². The van der Waals surface area contributed by atoms with Crippen LogP contribution in [0.25, 0.3) is 0 Å². The van der Waals surface area contributed by atoms with Gasteiger partial charge in [0.25, 0.3) is 5.91 Å². The summed E-state index contributed by atoms with van der Waals surface area (Å²) >= 11 is 0. The molecule has 1 aliphatic rings. The number of anilines is 1. The molecule has 1 aliphatic heterocycles. The molecule has 0 bridgehead atoms. The Labute approximate surface area is 144 Å². The number of hydrogen-bond acceptors (Lipinski definition) is 3. The highest BCUT2D eigenvalue weighted by Crippen LogP contribution is 2.25. The molecular formula is C20H26N2O2. The van der Waals surface area contributed by atoms with Crippen LogP contribution in [0.4, 0.5) is 5.69 Å². The fourth-order valence-corrected chi connectivity index (χ4v) is 3.33. The van der Waals surface area contributed by atoms with Gasteiger partial charge in [-0.05, 0) is 42.2 Å². The van der Waals surface area contributed by atoms with Gasteiger partial charge in [-0.25, -0.2) is 0 Å². The number of hydrogen-bond donors (Lipinski definition) is 0. The Bertz CT molecular complexity index is 679. The van der Waals surface area contributed by atoms with Crippen molar-refractivity contribution in [3.8, 4) is 0 Å². The first kappa shape index (κ1) is 16.6. The van der Waals surface area contributed by atoms with Crippen LogP contribution in [-0.2, 0) is 0 Å². The lowest BCUT2D eigenvalue weighted by Crippen LogP contribution is -2.55. The minimum absolute atomic E-state index is 0.00225. The second-order valence-corrected chi connectivity index (χ2v) is 6.73. The second-order valence-electron chi connectivity index (χ2n) is 6.73. The zero-order valence-corrected chi connectivity index (χ0v) is 14.7. The van der Waals surface area contributed by atoms with E-state index in [-0.39, 0.29) is 11.9 Å². The van der Waals surface area contributed by atoms with Gasteiger partial charge in [0.2, 0.25) is 0 Å². The zero-order chi connectivity index (χ0) is 17.1. The van der Waals surface area contributed by atoms with Crippen LogP contribution in [0.5, 0.6) is 0 Å². The summed E-state index contributed by atoms with van der Waals surface area (Å²) in [6.45, 7) is 9.02. The first-order chi connectivity index (χ1) is 11.6. The van der Waals surface area contributed by atoms with Gasteiger partial charge in [0.1, 0.15) is 0 Å². The van der Waals surface area contributed by atoms with Gasteiger partial charge in [0.05, 0.1) is 6.26 Å². The van der Waals surface area contributed by atoms with Crippen LogP contribution < -0.4 is 4.90 Å². The molecule has 0 saturated carbocycles. The molecule has 4 nitrogen and oxygen atoms in total. The molecule has 4 heteroatoms. The Kier molecular flexibility index (Phi) is 4.93. The number of nitrogens with zero attached hydrogens (tertiary/aromatic N) is 2. The van der Waals surface area contributed by atoms with Crippen LogP contribution in [0.3, 0.4) is 0 Å². The van der Waals surface area contributed by atoms with Gasteiger partial charge >= 0.3 is 0 Å². The number of carbonyl (C=O) groups excluding carboxylic acids is 1. The number of rotatable bonds is 4. The molecule has 1 saturated heterocycles. The smallest absolute Gasteiger partial charge is 0.289 e. The molecule has 2 heterocycles. The van der Waals surface area contributed by atoms with Gasteiger partial charge in [-0.1, -0.05) is 32.9 Å². The third-order valence-electron chi connectivity index (χ3n) is 4.85.